The van der Waals surface area contributed by atoms with E-state index in [-0.39, 0.29) is 5.91 Å². The predicted octanol–water partition coefficient (Wildman–Crippen LogP) is 5.64. The fraction of sp³-hybridized carbons (Fsp3) is 0.0800. The number of aromatic amines is 2. The molecule has 0 aliphatic rings. The van der Waals surface area contributed by atoms with Crippen molar-refractivity contribution in [2.75, 3.05) is 5.32 Å². The highest BCUT2D eigenvalue weighted by atomic mass is 32.1. The molecule has 0 saturated carbocycles. The van der Waals surface area contributed by atoms with Crippen molar-refractivity contribution in [1.29, 1.82) is 0 Å². The van der Waals surface area contributed by atoms with E-state index in [0.717, 1.165) is 55.6 Å². The number of hydrogen-bond donors (Lipinski definition) is 3. The molecule has 6 heterocycles. The van der Waals surface area contributed by atoms with Gasteiger partial charge in [-0.15, -0.1) is 0 Å². The third-order valence-electron chi connectivity index (χ3n) is 5.72. The summed E-state index contributed by atoms with van der Waals surface area (Å²) in [6, 6.07) is 8.07. The summed E-state index contributed by atoms with van der Waals surface area (Å²) in [7, 11) is 0. The largest absolute Gasteiger partial charge is 0.352 e. The number of fused-ring (bicyclic) bond motifs is 2. The second kappa shape index (κ2) is 8.20. The first-order chi connectivity index (χ1) is 16.7. The van der Waals surface area contributed by atoms with Gasteiger partial charge in [-0.2, -0.15) is 16.4 Å². The van der Waals surface area contributed by atoms with Crippen LogP contribution in [0.4, 0.5) is 5.69 Å². The van der Waals surface area contributed by atoms with Crippen LogP contribution >= 0.6 is 11.3 Å². The summed E-state index contributed by atoms with van der Waals surface area (Å²) in [6.07, 6.45) is 9.25. The van der Waals surface area contributed by atoms with Crippen molar-refractivity contribution in [2.24, 2.45) is 0 Å². The Morgan fingerprint density at radius 3 is 2.76 bits per heavy atom. The predicted molar refractivity (Wildman–Crippen MR) is 134 cm³/mol. The Morgan fingerprint density at radius 1 is 1.00 bits per heavy atom. The van der Waals surface area contributed by atoms with Gasteiger partial charge in [0.25, 0.3) is 0 Å². The van der Waals surface area contributed by atoms with Crippen molar-refractivity contribution < 1.29 is 4.79 Å². The summed E-state index contributed by atoms with van der Waals surface area (Å²) in [5, 5.41) is 16.7. The first kappa shape index (κ1) is 20.3. The Hall–Kier alpha value is -4.37. The first-order valence-corrected chi connectivity index (χ1v) is 11.7. The van der Waals surface area contributed by atoms with Crippen LogP contribution in [0.3, 0.4) is 0 Å². The summed E-state index contributed by atoms with van der Waals surface area (Å²) >= 11 is 1.66. The van der Waals surface area contributed by atoms with E-state index in [2.05, 4.69) is 58.3 Å². The highest BCUT2D eigenvalue weighted by Gasteiger charge is 2.15. The number of carbonyl (C=O) groups is 1. The molecule has 0 fully saturated rings. The van der Waals surface area contributed by atoms with Crippen LogP contribution in [0, 0.1) is 0 Å². The summed E-state index contributed by atoms with van der Waals surface area (Å²) in [4.78, 5) is 28.5. The van der Waals surface area contributed by atoms with Gasteiger partial charge in [0.05, 0.1) is 46.7 Å². The summed E-state index contributed by atoms with van der Waals surface area (Å²) in [5.74, 6) is -0.0606. The molecule has 0 bridgehead atoms. The number of carbonyl (C=O) groups excluding carboxylic acids is 1. The second-order valence-corrected chi connectivity index (χ2v) is 8.67. The van der Waals surface area contributed by atoms with Gasteiger partial charge < -0.3 is 10.3 Å². The molecule has 0 spiro atoms. The van der Waals surface area contributed by atoms with E-state index in [4.69, 9.17) is 0 Å². The minimum Gasteiger partial charge on any atom is -0.352 e. The molecule has 6 aromatic heterocycles. The summed E-state index contributed by atoms with van der Waals surface area (Å²) in [6.45, 7) is 1.81. The van der Waals surface area contributed by atoms with Gasteiger partial charge in [0.15, 0.2) is 0 Å². The molecule has 3 N–H and O–H groups in total. The standard InChI is InChI=1S/C25H19N7OS/c1-2-24(33)29-16-5-15(8-26-9-16)20-7-18-23(12-28-20)31-32-25(18)21-6-17-19(14-3-4-34-13-14)10-27-11-22(17)30-21/h3-13,30H,2H2,1H3,(H,29,33)(H,31,32). The lowest BCUT2D eigenvalue weighted by atomic mass is 10.1. The second-order valence-electron chi connectivity index (χ2n) is 7.89. The zero-order chi connectivity index (χ0) is 23.1. The van der Waals surface area contributed by atoms with E-state index in [9.17, 15) is 4.79 Å². The molecule has 166 valence electrons. The average molecular weight is 466 g/mol. The van der Waals surface area contributed by atoms with E-state index in [1.165, 1.54) is 0 Å². The maximum Gasteiger partial charge on any atom is 0.224 e. The first-order valence-electron chi connectivity index (χ1n) is 10.8. The molecular formula is C25H19N7OS. The maximum absolute atomic E-state index is 11.8. The number of H-pyrrole nitrogens is 2. The van der Waals surface area contributed by atoms with Crippen LogP contribution in [0.1, 0.15) is 13.3 Å². The van der Waals surface area contributed by atoms with Gasteiger partial charge in [-0.05, 0) is 40.6 Å². The average Bonchev–Trinajstić information content (AvgIpc) is 3.62. The van der Waals surface area contributed by atoms with E-state index in [1.54, 1.807) is 29.9 Å². The Kier molecular flexibility index (Phi) is 4.88. The molecule has 6 rings (SSSR count). The SMILES string of the molecule is CCC(=O)Nc1cncc(-c2cc3c(-c4cc5c(-c6ccsc6)cncc5[nH]4)n[nH]c3cn2)c1. The number of pyridine rings is 3. The van der Waals surface area contributed by atoms with Crippen LogP contribution in [0.15, 0.2) is 66.0 Å². The summed E-state index contributed by atoms with van der Waals surface area (Å²) < 4.78 is 0. The number of aromatic nitrogens is 6. The molecule has 9 heteroatoms. The molecule has 0 aromatic carbocycles. The Labute approximate surface area is 198 Å². The third kappa shape index (κ3) is 3.52. The van der Waals surface area contributed by atoms with Crippen LogP contribution in [0.2, 0.25) is 0 Å². The third-order valence-corrected chi connectivity index (χ3v) is 6.40. The van der Waals surface area contributed by atoms with E-state index in [1.807, 2.05) is 31.5 Å². The highest BCUT2D eigenvalue weighted by molar-refractivity contribution is 7.08. The number of anilines is 1. The van der Waals surface area contributed by atoms with Gasteiger partial charge in [-0.1, -0.05) is 6.92 Å². The molecule has 6 aromatic rings. The lowest BCUT2D eigenvalue weighted by molar-refractivity contribution is -0.115. The van der Waals surface area contributed by atoms with E-state index < -0.39 is 0 Å². The Balaban J connectivity index is 1.43. The summed E-state index contributed by atoms with van der Waals surface area (Å²) in [5.41, 5.74) is 7.90. The minimum atomic E-state index is -0.0606. The molecule has 1 amide bonds. The van der Waals surface area contributed by atoms with Crippen molar-refractivity contribution >= 4 is 44.7 Å². The number of nitrogens with one attached hydrogen (secondary N) is 3. The minimum absolute atomic E-state index is 0.0606. The van der Waals surface area contributed by atoms with Gasteiger partial charge in [0.1, 0.15) is 5.69 Å². The Bertz CT molecular complexity index is 1650. The molecular weight excluding hydrogens is 446 g/mol. The smallest absolute Gasteiger partial charge is 0.224 e. The molecule has 0 radical (unpaired) electrons. The topological polar surface area (TPSA) is 112 Å². The van der Waals surface area contributed by atoms with Crippen LogP contribution < -0.4 is 5.32 Å². The molecule has 0 saturated heterocycles. The Morgan fingerprint density at radius 2 is 1.91 bits per heavy atom. The lowest BCUT2D eigenvalue weighted by Gasteiger charge is -2.06. The number of rotatable bonds is 5. The normalized spacial score (nSPS) is 11.3. The zero-order valence-electron chi connectivity index (χ0n) is 18.2. The van der Waals surface area contributed by atoms with Crippen LogP contribution in [0.25, 0.3) is 55.6 Å². The van der Waals surface area contributed by atoms with Crippen molar-refractivity contribution in [2.45, 2.75) is 13.3 Å². The van der Waals surface area contributed by atoms with Crippen LogP contribution in [0.5, 0.6) is 0 Å². The van der Waals surface area contributed by atoms with E-state index >= 15 is 0 Å². The number of nitrogens with zero attached hydrogens (tertiary/aromatic N) is 4. The quantitative estimate of drug-likeness (QED) is 0.305. The van der Waals surface area contributed by atoms with Crippen LogP contribution in [-0.2, 0) is 4.79 Å². The fourth-order valence-corrected chi connectivity index (χ4v) is 4.66. The molecule has 34 heavy (non-hydrogen) atoms. The number of hydrogen-bond acceptors (Lipinski definition) is 6. The number of amides is 1. The fourth-order valence-electron chi connectivity index (χ4n) is 4.00. The number of thiophene rings is 1. The molecule has 0 atom stereocenters. The highest BCUT2D eigenvalue weighted by Crippen LogP contribution is 2.35. The molecule has 0 aliphatic carbocycles. The molecule has 0 aliphatic heterocycles. The van der Waals surface area contributed by atoms with Gasteiger partial charge >= 0.3 is 0 Å². The molecule has 0 unspecified atom stereocenters. The van der Waals surface area contributed by atoms with Crippen molar-refractivity contribution in [3.05, 3.63) is 66.0 Å². The van der Waals surface area contributed by atoms with Crippen molar-refractivity contribution in [3.8, 4) is 33.8 Å². The van der Waals surface area contributed by atoms with Crippen LogP contribution in [-0.4, -0.2) is 36.0 Å². The van der Waals surface area contributed by atoms with Crippen molar-refractivity contribution in [3.63, 3.8) is 0 Å². The van der Waals surface area contributed by atoms with Crippen molar-refractivity contribution in [1.82, 2.24) is 30.1 Å². The van der Waals surface area contributed by atoms with E-state index in [0.29, 0.717) is 12.1 Å². The van der Waals surface area contributed by atoms with Gasteiger partial charge in [-0.3, -0.25) is 24.8 Å². The maximum atomic E-state index is 11.8. The van der Waals surface area contributed by atoms with Gasteiger partial charge in [-0.25, -0.2) is 0 Å². The zero-order valence-corrected chi connectivity index (χ0v) is 19.0. The molecule has 8 nitrogen and oxygen atoms in total. The monoisotopic (exact) mass is 465 g/mol. The van der Waals surface area contributed by atoms with Gasteiger partial charge in [0, 0.05) is 40.7 Å². The lowest BCUT2D eigenvalue weighted by Crippen LogP contribution is -2.09. The van der Waals surface area contributed by atoms with Gasteiger partial charge in [0.2, 0.25) is 5.91 Å².